The number of Topliss-reactive ketones (excluding diaryl/α,β-unsaturated/α-hetero) is 1. The van der Waals surface area contributed by atoms with Crippen LogP contribution in [-0.2, 0) is 9.53 Å². The third-order valence-electron chi connectivity index (χ3n) is 4.54. The Morgan fingerprint density at radius 2 is 1.45 bits per heavy atom. The molecule has 0 aliphatic rings. The fourth-order valence-electron chi connectivity index (χ4n) is 2.91. The average molecular weight is 448 g/mol. The van der Waals surface area contributed by atoms with Gasteiger partial charge in [0, 0.05) is 23.4 Å². The molecule has 8 nitrogen and oxygen atoms in total. The first kappa shape index (κ1) is 23.5. The number of ketones is 1. The Balaban J connectivity index is 1.49. The van der Waals surface area contributed by atoms with Gasteiger partial charge < -0.3 is 19.8 Å². The summed E-state index contributed by atoms with van der Waals surface area (Å²) in [5.41, 5.74) is 1.67. The van der Waals surface area contributed by atoms with Crippen molar-refractivity contribution < 1.29 is 28.3 Å². The molecule has 0 aliphatic carbocycles. The van der Waals surface area contributed by atoms with Crippen molar-refractivity contribution in [2.75, 3.05) is 17.2 Å². The zero-order valence-electron chi connectivity index (χ0n) is 18.3. The Labute approximate surface area is 190 Å². The minimum atomic E-state index is -0.662. The van der Waals surface area contributed by atoms with Crippen LogP contribution < -0.4 is 10.6 Å². The first-order chi connectivity index (χ1) is 15.8. The fourth-order valence-corrected chi connectivity index (χ4v) is 2.91. The molecule has 0 aliphatic heterocycles. The van der Waals surface area contributed by atoms with Gasteiger partial charge in [-0.2, -0.15) is 0 Å². The van der Waals surface area contributed by atoms with E-state index in [4.69, 9.17) is 9.15 Å². The lowest BCUT2D eigenvalue weighted by atomic mass is 10.1. The van der Waals surface area contributed by atoms with E-state index in [2.05, 4.69) is 10.6 Å². The molecule has 1 aromatic heterocycles. The van der Waals surface area contributed by atoms with Crippen molar-refractivity contribution in [3.05, 3.63) is 83.8 Å². The largest absolute Gasteiger partial charge is 0.459 e. The van der Waals surface area contributed by atoms with E-state index in [9.17, 15) is 19.2 Å². The minimum Gasteiger partial charge on any atom is -0.459 e. The number of nitrogens with one attached hydrogen (secondary N) is 2. The summed E-state index contributed by atoms with van der Waals surface area (Å²) in [4.78, 5) is 48.4. The molecule has 0 bridgehead atoms. The standard InChI is InChI=1S/C25H24N2O6/c1-16(2)14-23(29)26-19-9-5-17(6-10-19)21(28)15-33-25(31)18-7-11-20(12-8-18)27-24(30)22-4-3-13-32-22/h3-13,16H,14-15H2,1-2H3,(H,26,29)(H,27,30). The lowest BCUT2D eigenvalue weighted by molar-refractivity contribution is -0.116. The van der Waals surface area contributed by atoms with Crippen molar-refractivity contribution in [3.8, 4) is 0 Å². The van der Waals surface area contributed by atoms with Crippen LogP contribution in [0.15, 0.2) is 71.3 Å². The second-order valence-corrected chi connectivity index (χ2v) is 7.73. The third-order valence-corrected chi connectivity index (χ3v) is 4.54. The van der Waals surface area contributed by atoms with Gasteiger partial charge in [0.25, 0.3) is 5.91 Å². The first-order valence-corrected chi connectivity index (χ1v) is 10.4. The molecule has 3 aromatic rings. The maximum absolute atomic E-state index is 12.3. The summed E-state index contributed by atoms with van der Waals surface area (Å²) in [5.74, 6) is -1.12. The molecule has 0 spiro atoms. The predicted molar refractivity (Wildman–Crippen MR) is 122 cm³/mol. The van der Waals surface area contributed by atoms with Gasteiger partial charge in [0.15, 0.2) is 18.2 Å². The third kappa shape index (κ3) is 6.90. The number of amides is 2. The average Bonchev–Trinajstić information content (AvgIpc) is 3.33. The van der Waals surface area contributed by atoms with E-state index in [0.29, 0.717) is 23.4 Å². The summed E-state index contributed by atoms with van der Waals surface area (Å²) in [7, 11) is 0. The second-order valence-electron chi connectivity index (χ2n) is 7.73. The number of rotatable bonds is 9. The van der Waals surface area contributed by atoms with E-state index in [0.717, 1.165) is 0 Å². The van der Waals surface area contributed by atoms with Gasteiger partial charge in [-0.25, -0.2) is 4.79 Å². The van der Waals surface area contributed by atoms with Crippen molar-refractivity contribution in [2.24, 2.45) is 5.92 Å². The van der Waals surface area contributed by atoms with Crippen LogP contribution in [0.4, 0.5) is 11.4 Å². The van der Waals surface area contributed by atoms with Gasteiger partial charge in [-0.05, 0) is 66.6 Å². The highest BCUT2D eigenvalue weighted by atomic mass is 16.5. The molecule has 3 rings (SSSR count). The molecule has 2 N–H and O–H groups in total. The molecular formula is C25H24N2O6. The summed E-state index contributed by atoms with van der Waals surface area (Å²) >= 11 is 0. The Morgan fingerprint density at radius 3 is 2.03 bits per heavy atom. The van der Waals surface area contributed by atoms with Gasteiger partial charge in [-0.1, -0.05) is 13.8 Å². The number of esters is 1. The quantitative estimate of drug-likeness (QED) is 0.366. The van der Waals surface area contributed by atoms with Crippen LogP contribution >= 0.6 is 0 Å². The highest BCUT2D eigenvalue weighted by molar-refractivity contribution is 6.03. The van der Waals surface area contributed by atoms with Crippen LogP contribution in [0.25, 0.3) is 0 Å². The summed E-state index contributed by atoms with van der Waals surface area (Å²) < 4.78 is 10.1. The minimum absolute atomic E-state index is 0.0930. The van der Waals surface area contributed by atoms with Crippen LogP contribution in [0, 0.1) is 5.92 Å². The van der Waals surface area contributed by atoms with Gasteiger partial charge in [0.1, 0.15) is 0 Å². The highest BCUT2D eigenvalue weighted by Crippen LogP contribution is 2.14. The number of anilines is 2. The monoisotopic (exact) mass is 448 g/mol. The molecule has 0 atom stereocenters. The summed E-state index contributed by atoms with van der Waals surface area (Å²) in [5, 5.41) is 5.41. The molecule has 170 valence electrons. The highest BCUT2D eigenvalue weighted by Gasteiger charge is 2.14. The van der Waals surface area contributed by atoms with Gasteiger partial charge in [-0.15, -0.1) is 0 Å². The van der Waals surface area contributed by atoms with E-state index in [1.807, 2.05) is 13.8 Å². The van der Waals surface area contributed by atoms with Crippen molar-refractivity contribution in [1.82, 2.24) is 0 Å². The smallest absolute Gasteiger partial charge is 0.338 e. The van der Waals surface area contributed by atoms with E-state index >= 15 is 0 Å². The van der Waals surface area contributed by atoms with Gasteiger partial charge >= 0.3 is 5.97 Å². The van der Waals surface area contributed by atoms with E-state index in [1.165, 1.54) is 24.5 Å². The van der Waals surface area contributed by atoms with Crippen molar-refractivity contribution >= 4 is 34.9 Å². The summed E-state index contributed by atoms with van der Waals surface area (Å²) in [6.07, 6.45) is 1.81. The molecule has 2 amide bonds. The molecular weight excluding hydrogens is 424 g/mol. The molecule has 33 heavy (non-hydrogen) atoms. The van der Waals surface area contributed by atoms with Crippen molar-refractivity contribution in [3.63, 3.8) is 0 Å². The van der Waals surface area contributed by atoms with Crippen molar-refractivity contribution in [1.29, 1.82) is 0 Å². The summed E-state index contributed by atoms with van der Waals surface area (Å²) in [6.45, 7) is 3.49. The van der Waals surface area contributed by atoms with E-state index < -0.39 is 18.5 Å². The molecule has 0 unspecified atom stereocenters. The Kier molecular flexibility index (Phi) is 7.75. The topological polar surface area (TPSA) is 115 Å². The predicted octanol–water partition coefficient (Wildman–Crippen LogP) is 4.56. The lowest BCUT2D eigenvalue weighted by Gasteiger charge is -2.08. The Hall–Kier alpha value is -4.20. The number of carbonyl (C=O) groups is 4. The number of ether oxygens (including phenoxy) is 1. The SMILES string of the molecule is CC(C)CC(=O)Nc1ccc(C(=O)COC(=O)c2ccc(NC(=O)c3ccco3)cc2)cc1. The van der Waals surface area contributed by atoms with Gasteiger partial charge in [0.2, 0.25) is 5.91 Å². The van der Waals surface area contributed by atoms with Crippen LogP contribution in [0.1, 0.15) is 51.5 Å². The zero-order valence-corrected chi connectivity index (χ0v) is 18.3. The number of furan rings is 1. The van der Waals surface area contributed by atoms with E-state index in [-0.39, 0.29) is 28.9 Å². The van der Waals surface area contributed by atoms with Crippen LogP contribution in [0.2, 0.25) is 0 Å². The molecule has 0 saturated carbocycles. The first-order valence-electron chi connectivity index (χ1n) is 10.4. The van der Waals surface area contributed by atoms with Crippen LogP contribution in [0.3, 0.4) is 0 Å². The Bertz CT molecular complexity index is 1120. The van der Waals surface area contributed by atoms with E-state index in [1.54, 1.807) is 42.5 Å². The Morgan fingerprint density at radius 1 is 0.848 bits per heavy atom. The maximum atomic E-state index is 12.3. The normalized spacial score (nSPS) is 10.5. The molecule has 0 fully saturated rings. The van der Waals surface area contributed by atoms with Crippen molar-refractivity contribution in [2.45, 2.75) is 20.3 Å². The zero-order chi connectivity index (χ0) is 23.8. The molecule has 1 heterocycles. The number of hydrogen-bond donors (Lipinski definition) is 2. The molecule has 8 heteroatoms. The fraction of sp³-hybridized carbons (Fsp3) is 0.200. The molecule has 2 aromatic carbocycles. The van der Waals surface area contributed by atoms with Crippen LogP contribution in [-0.4, -0.2) is 30.2 Å². The molecule has 0 saturated heterocycles. The number of benzene rings is 2. The maximum Gasteiger partial charge on any atom is 0.338 e. The van der Waals surface area contributed by atoms with Crippen LogP contribution in [0.5, 0.6) is 0 Å². The number of carbonyl (C=O) groups excluding carboxylic acids is 4. The lowest BCUT2D eigenvalue weighted by Crippen LogP contribution is -2.15. The molecule has 0 radical (unpaired) electrons. The van der Waals surface area contributed by atoms with Gasteiger partial charge in [0.05, 0.1) is 11.8 Å². The second kappa shape index (κ2) is 10.9. The summed E-state index contributed by atoms with van der Waals surface area (Å²) in [6, 6.07) is 15.6. The number of hydrogen-bond acceptors (Lipinski definition) is 6. The van der Waals surface area contributed by atoms with Gasteiger partial charge in [-0.3, -0.25) is 14.4 Å².